The van der Waals surface area contributed by atoms with E-state index in [9.17, 15) is 24.5 Å². The lowest BCUT2D eigenvalue weighted by atomic mass is 10.1. The molecule has 0 aliphatic carbocycles. The number of nitro benzene ring substituents is 1. The van der Waals surface area contributed by atoms with Crippen molar-refractivity contribution in [2.24, 2.45) is 5.92 Å². The highest BCUT2D eigenvalue weighted by Crippen LogP contribution is 2.27. The molecule has 0 unspecified atom stereocenters. The smallest absolute Gasteiger partial charge is 0.311 e. The second kappa shape index (κ2) is 8.91. The third-order valence-corrected chi connectivity index (χ3v) is 4.88. The van der Waals surface area contributed by atoms with Crippen LogP contribution >= 0.6 is 11.6 Å². The first-order valence-electron chi connectivity index (χ1n) is 9.02. The minimum Gasteiger partial charge on any atom is -0.455 e. The molecule has 1 N–H and O–H groups in total. The normalized spacial score (nSPS) is 15.7. The van der Waals surface area contributed by atoms with Crippen LogP contribution in [-0.4, -0.2) is 35.9 Å². The molecule has 2 amide bonds. The van der Waals surface area contributed by atoms with Gasteiger partial charge in [-0.1, -0.05) is 17.7 Å². The fourth-order valence-electron chi connectivity index (χ4n) is 3.04. The van der Waals surface area contributed by atoms with Gasteiger partial charge in [0.05, 0.1) is 10.8 Å². The molecule has 1 aliphatic heterocycles. The first kappa shape index (κ1) is 21.3. The third kappa shape index (κ3) is 4.93. The molecule has 0 spiro atoms. The topological polar surface area (TPSA) is 119 Å². The van der Waals surface area contributed by atoms with Gasteiger partial charge in [-0.15, -0.1) is 0 Å². The number of hydrogen-bond donors (Lipinski definition) is 1. The molecule has 1 saturated heterocycles. The third-order valence-electron chi connectivity index (χ3n) is 4.65. The Morgan fingerprint density at radius 1 is 1.27 bits per heavy atom. The zero-order valence-electron chi connectivity index (χ0n) is 16.0. The van der Waals surface area contributed by atoms with E-state index in [-0.39, 0.29) is 24.6 Å². The number of carbonyl (C=O) groups excluding carboxylic acids is 3. The van der Waals surface area contributed by atoms with E-state index in [1.165, 1.54) is 29.2 Å². The van der Waals surface area contributed by atoms with E-state index in [4.69, 9.17) is 16.3 Å². The van der Waals surface area contributed by atoms with E-state index in [1.807, 2.05) is 0 Å². The maximum absolute atomic E-state index is 12.3. The highest BCUT2D eigenvalue weighted by Gasteiger charge is 2.36. The molecule has 0 bridgehead atoms. The maximum atomic E-state index is 12.3. The minimum absolute atomic E-state index is 0.0646. The number of ether oxygens (including phenoxy) is 1. The Balaban J connectivity index is 1.54. The van der Waals surface area contributed by atoms with Crippen LogP contribution in [-0.2, 0) is 19.1 Å². The number of halogens is 1. The number of esters is 1. The Bertz CT molecular complexity index is 1010. The van der Waals surface area contributed by atoms with E-state index >= 15 is 0 Å². The number of carbonyl (C=O) groups is 3. The molecule has 3 rings (SSSR count). The number of anilines is 2. The van der Waals surface area contributed by atoms with Gasteiger partial charge in [0.25, 0.3) is 11.6 Å². The summed E-state index contributed by atoms with van der Waals surface area (Å²) in [5, 5.41) is 13.8. The molecule has 1 atom stereocenters. The van der Waals surface area contributed by atoms with Gasteiger partial charge < -0.3 is 15.0 Å². The quantitative estimate of drug-likeness (QED) is 0.426. The Labute approximate surface area is 176 Å². The monoisotopic (exact) mass is 431 g/mol. The van der Waals surface area contributed by atoms with Gasteiger partial charge in [0.1, 0.15) is 0 Å². The zero-order valence-corrected chi connectivity index (χ0v) is 16.7. The largest absolute Gasteiger partial charge is 0.455 e. The predicted octanol–water partition coefficient (Wildman–Crippen LogP) is 3.09. The lowest BCUT2D eigenvalue weighted by Crippen LogP contribution is -2.28. The molecule has 30 heavy (non-hydrogen) atoms. The van der Waals surface area contributed by atoms with Gasteiger partial charge in [0.15, 0.2) is 6.61 Å². The molecule has 0 aromatic heterocycles. The van der Waals surface area contributed by atoms with Crippen molar-refractivity contribution in [2.45, 2.75) is 13.3 Å². The number of nitrogens with one attached hydrogen (secondary N) is 1. The lowest BCUT2D eigenvalue weighted by Gasteiger charge is -2.16. The summed E-state index contributed by atoms with van der Waals surface area (Å²) in [7, 11) is 0. The molecule has 1 aliphatic rings. The zero-order chi connectivity index (χ0) is 21.8. The van der Waals surface area contributed by atoms with Gasteiger partial charge in [0.2, 0.25) is 5.91 Å². The summed E-state index contributed by atoms with van der Waals surface area (Å²) in [5.41, 5.74) is 1.68. The van der Waals surface area contributed by atoms with Crippen LogP contribution in [0.1, 0.15) is 12.0 Å². The minimum atomic E-state index is -0.728. The van der Waals surface area contributed by atoms with Crippen molar-refractivity contribution in [2.75, 3.05) is 23.4 Å². The summed E-state index contributed by atoms with van der Waals surface area (Å²) < 4.78 is 5.06. The molecule has 2 aromatic rings. The predicted molar refractivity (Wildman–Crippen MR) is 109 cm³/mol. The molecule has 1 heterocycles. The highest BCUT2D eigenvalue weighted by atomic mass is 35.5. The van der Waals surface area contributed by atoms with Crippen LogP contribution in [0.4, 0.5) is 17.1 Å². The Hall–Kier alpha value is -3.46. The first-order chi connectivity index (χ1) is 14.2. The van der Waals surface area contributed by atoms with Crippen LogP contribution in [0.3, 0.4) is 0 Å². The van der Waals surface area contributed by atoms with E-state index in [1.54, 1.807) is 25.1 Å². The molecular weight excluding hydrogens is 414 g/mol. The van der Waals surface area contributed by atoms with Crippen molar-refractivity contribution in [1.29, 1.82) is 0 Å². The summed E-state index contributed by atoms with van der Waals surface area (Å²) in [4.78, 5) is 48.2. The Morgan fingerprint density at radius 3 is 2.63 bits per heavy atom. The summed E-state index contributed by atoms with van der Waals surface area (Å²) in [6.45, 7) is 1.38. The molecule has 2 aromatic carbocycles. The second-order valence-electron chi connectivity index (χ2n) is 6.79. The molecular formula is C20H18ClN3O6. The van der Waals surface area contributed by atoms with Gasteiger partial charge >= 0.3 is 5.97 Å². The summed E-state index contributed by atoms with van der Waals surface area (Å²) in [5.74, 6) is -2.21. The van der Waals surface area contributed by atoms with E-state index < -0.39 is 29.3 Å². The highest BCUT2D eigenvalue weighted by molar-refractivity contribution is 6.31. The average Bonchev–Trinajstić information content (AvgIpc) is 3.10. The van der Waals surface area contributed by atoms with Crippen LogP contribution in [0.5, 0.6) is 0 Å². The van der Waals surface area contributed by atoms with Gasteiger partial charge in [-0.2, -0.15) is 0 Å². The number of nitro groups is 1. The van der Waals surface area contributed by atoms with Crippen LogP contribution in [0, 0.1) is 23.0 Å². The van der Waals surface area contributed by atoms with Gasteiger partial charge in [-0.25, -0.2) is 0 Å². The van der Waals surface area contributed by atoms with Crippen molar-refractivity contribution < 1.29 is 24.0 Å². The van der Waals surface area contributed by atoms with Crippen LogP contribution in [0.2, 0.25) is 5.02 Å². The van der Waals surface area contributed by atoms with Gasteiger partial charge in [-0.3, -0.25) is 24.5 Å². The molecule has 0 radical (unpaired) electrons. The Kier molecular flexibility index (Phi) is 6.31. The van der Waals surface area contributed by atoms with E-state index in [0.29, 0.717) is 16.4 Å². The van der Waals surface area contributed by atoms with E-state index in [2.05, 4.69) is 5.32 Å². The van der Waals surface area contributed by atoms with Crippen LogP contribution in [0.15, 0.2) is 42.5 Å². The van der Waals surface area contributed by atoms with Crippen LogP contribution < -0.4 is 10.2 Å². The number of aryl methyl sites for hydroxylation is 1. The summed E-state index contributed by atoms with van der Waals surface area (Å²) in [6, 6.07) is 10.5. The molecule has 9 nitrogen and oxygen atoms in total. The van der Waals surface area contributed by atoms with Crippen molar-refractivity contribution in [3.05, 3.63) is 63.2 Å². The number of hydrogen-bond acceptors (Lipinski definition) is 6. The van der Waals surface area contributed by atoms with Crippen LogP contribution in [0.25, 0.3) is 0 Å². The number of nitrogens with zero attached hydrogens (tertiary/aromatic N) is 2. The van der Waals surface area contributed by atoms with Crippen molar-refractivity contribution in [3.63, 3.8) is 0 Å². The lowest BCUT2D eigenvalue weighted by molar-refractivity contribution is -0.384. The summed E-state index contributed by atoms with van der Waals surface area (Å²) in [6.07, 6.45) is -0.0646. The number of non-ortho nitro benzene ring substituents is 1. The van der Waals surface area contributed by atoms with E-state index in [0.717, 1.165) is 5.56 Å². The van der Waals surface area contributed by atoms with Crippen molar-refractivity contribution in [1.82, 2.24) is 0 Å². The van der Waals surface area contributed by atoms with Gasteiger partial charge in [-0.05, 0) is 36.8 Å². The summed E-state index contributed by atoms with van der Waals surface area (Å²) >= 11 is 5.91. The number of benzene rings is 2. The first-order valence-corrected chi connectivity index (χ1v) is 9.40. The van der Waals surface area contributed by atoms with Crippen molar-refractivity contribution in [3.8, 4) is 0 Å². The molecule has 10 heteroatoms. The molecule has 0 saturated carbocycles. The fourth-order valence-corrected chi connectivity index (χ4v) is 3.21. The second-order valence-corrected chi connectivity index (χ2v) is 7.23. The van der Waals surface area contributed by atoms with Crippen molar-refractivity contribution >= 4 is 46.4 Å². The Morgan fingerprint density at radius 2 is 1.97 bits per heavy atom. The average molecular weight is 432 g/mol. The standard InChI is InChI=1S/C20H18ClN3O6/c1-12-2-3-14(21)9-17(12)22-18(25)11-30-20(27)13-8-19(26)23(10-13)15-4-6-16(7-5-15)24(28)29/h2-7,9,13H,8,10-11H2,1H3,(H,22,25)/t13-/m1/s1. The maximum Gasteiger partial charge on any atom is 0.311 e. The molecule has 1 fully saturated rings. The van der Waals surface area contributed by atoms with Gasteiger partial charge in [0, 0.05) is 41.5 Å². The molecule has 156 valence electrons. The number of rotatable bonds is 6. The number of amides is 2. The SMILES string of the molecule is Cc1ccc(Cl)cc1NC(=O)COC(=O)[C@@H]1CC(=O)N(c2ccc([N+](=O)[O-])cc2)C1. The fraction of sp³-hybridized carbons (Fsp3) is 0.250.